The first-order valence-electron chi connectivity index (χ1n) is 14.8. The van der Waals surface area contributed by atoms with Gasteiger partial charge in [-0.2, -0.15) is 0 Å². The highest BCUT2D eigenvalue weighted by molar-refractivity contribution is 5.95. The first-order chi connectivity index (χ1) is 21.7. The van der Waals surface area contributed by atoms with E-state index in [1.54, 1.807) is 6.20 Å². The molecule has 0 radical (unpaired) electrons. The summed E-state index contributed by atoms with van der Waals surface area (Å²) in [6.07, 6.45) is 4.18. The van der Waals surface area contributed by atoms with E-state index < -0.39 is 47.8 Å². The minimum absolute atomic E-state index is 0.124. The van der Waals surface area contributed by atoms with Crippen LogP contribution in [0.4, 0.5) is 0 Å². The standard InChI is InChI=1S/C34H37N7O4/c1-20(39-33(44)26(35)16-22-18-37-27-13-7-5-11-24(22)27)32(43)41-30(17-23-19-38-28-14-8-6-12-25(23)28)34(45)40-29(31(36)42)15-21-9-3-2-4-10-21/h2-14,18-20,26,29-30,37-38H,15-17,35H2,1H3,(H2,36,42)(H,39,44)(H,40,45)(H,41,43)/t20-,26+,29+,30?/m0/s1. The summed E-state index contributed by atoms with van der Waals surface area (Å²) in [4.78, 5) is 58.6. The number of aromatic amines is 2. The van der Waals surface area contributed by atoms with Gasteiger partial charge in [0.25, 0.3) is 0 Å². The minimum atomic E-state index is -1.08. The molecule has 0 aliphatic rings. The van der Waals surface area contributed by atoms with Crippen LogP contribution in [0, 0.1) is 0 Å². The zero-order valence-electron chi connectivity index (χ0n) is 24.9. The van der Waals surface area contributed by atoms with Crippen molar-refractivity contribution in [3.8, 4) is 0 Å². The average Bonchev–Trinajstić information content (AvgIpc) is 3.64. The molecule has 232 valence electrons. The van der Waals surface area contributed by atoms with E-state index in [2.05, 4.69) is 25.9 Å². The molecule has 0 saturated carbocycles. The van der Waals surface area contributed by atoms with E-state index in [1.807, 2.05) is 85.1 Å². The van der Waals surface area contributed by atoms with Gasteiger partial charge >= 0.3 is 0 Å². The van der Waals surface area contributed by atoms with Gasteiger partial charge in [0.15, 0.2) is 0 Å². The number of hydrogen-bond donors (Lipinski definition) is 7. The number of para-hydroxylation sites is 2. The Morgan fingerprint density at radius 3 is 1.78 bits per heavy atom. The monoisotopic (exact) mass is 607 g/mol. The molecule has 0 spiro atoms. The molecule has 3 aromatic carbocycles. The molecule has 11 heteroatoms. The van der Waals surface area contributed by atoms with Gasteiger partial charge in [-0.25, -0.2) is 0 Å². The van der Waals surface area contributed by atoms with Gasteiger partial charge in [0.2, 0.25) is 23.6 Å². The zero-order valence-corrected chi connectivity index (χ0v) is 24.9. The van der Waals surface area contributed by atoms with E-state index in [0.717, 1.165) is 38.5 Å². The van der Waals surface area contributed by atoms with Crippen LogP contribution in [0.25, 0.3) is 21.8 Å². The van der Waals surface area contributed by atoms with Crippen LogP contribution in [0.15, 0.2) is 91.3 Å². The lowest BCUT2D eigenvalue weighted by Crippen LogP contribution is -2.57. The number of nitrogens with one attached hydrogen (secondary N) is 5. The number of hydrogen-bond acceptors (Lipinski definition) is 5. The van der Waals surface area contributed by atoms with Crippen LogP contribution in [0.2, 0.25) is 0 Å². The average molecular weight is 608 g/mol. The number of primary amides is 1. The molecule has 4 atom stereocenters. The summed E-state index contributed by atoms with van der Waals surface area (Å²) in [5.41, 5.74) is 16.2. The van der Waals surface area contributed by atoms with Crippen LogP contribution in [-0.2, 0) is 38.4 Å². The molecule has 0 saturated heterocycles. The largest absolute Gasteiger partial charge is 0.368 e. The minimum Gasteiger partial charge on any atom is -0.368 e. The molecular weight excluding hydrogens is 570 g/mol. The Morgan fingerprint density at radius 1 is 0.644 bits per heavy atom. The molecule has 2 aromatic heterocycles. The van der Waals surface area contributed by atoms with Crippen molar-refractivity contribution in [2.75, 3.05) is 0 Å². The van der Waals surface area contributed by atoms with Crippen LogP contribution in [0.3, 0.4) is 0 Å². The molecule has 0 fully saturated rings. The van der Waals surface area contributed by atoms with Crippen LogP contribution < -0.4 is 27.4 Å². The SMILES string of the molecule is C[C@H](NC(=O)[C@H](N)Cc1c[nH]c2ccccc12)C(=O)NC(Cc1c[nH]c2ccccc12)C(=O)N[C@H](Cc1ccccc1)C(N)=O. The molecule has 0 bridgehead atoms. The summed E-state index contributed by atoms with van der Waals surface area (Å²) in [6, 6.07) is 20.5. The van der Waals surface area contributed by atoms with Crippen molar-refractivity contribution < 1.29 is 19.2 Å². The number of fused-ring (bicyclic) bond motifs is 2. The Balaban J connectivity index is 1.28. The van der Waals surface area contributed by atoms with Crippen molar-refractivity contribution in [3.05, 3.63) is 108 Å². The second kappa shape index (κ2) is 13.9. The highest BCUT2D eigenvalue weighted by Gasteiger charge is 2.29. The van der Waals surface area contributed by atoms with E-state index in [9.17, 15) is 19.2 Å². The fourth-order valence-corrected chi connectivity index (χ4v) is 5.39. The van der Waals surface area contributed by atoms with Gasteiger partial charge in [-0.05, 0) is 42.2 Å². The van der Waals surface area contributed by atoms with Gasteiger partial charge < -0.3 is 37.4 Å². The molecule has 45 heavy (non-hydrogen) atoms. The Kier molecular flexibility index (Phi) is 9.59. The molecule has 9 N–H and O–H groups in total. The van der Waals surface area contributed by atoms with Crippen LogP contribution in [0.1, 0.15) is 23.6 Å². The van der Waals surface area contributed by atoms with Crippen molar-refractivity contribution in [3.63, 3.8) is 0 Å². The molecule has 2 heterocycles. The van der Waals surface area contributed by atoms with Gasteiger partial charge in [-0.15, -0.1) is 0 Å². The molecule has 4 amide bonds. The van der Waals surface area contributed by atoms with E-state index in [4.69, 9.17) is 11.5 Å². The molecule has 11 nitrogen and oxygen atoms in total. The number of nitrogens with two attached hydrogens (primary N) is 2. The van der Waals surface area contributed by atoms with E-state index in [-0.39, 0.29) is 19.3 Å². The van der Waals surface area contributed by atoms with Crippen molar-refractivity contribution >= 4 is 45.4 Å². The lowest BCUT2D eigenvalue weighted by Gasteiger charge is -2.24. The second-order valence-corrected chi connectivity index (χ2v) is 11.2. The third-order valence-electron chi connectivity index (χ3n) is 7.88. The number of amides is 4. The molecule has 0 aliphatic heterocycles. The highest BCUT2D eigenvalue weighted by atomic mass is 16.2. The fraction of sp³-hybridized carbons (Fsp3) is 0.235. The predicted octanol–water partition coefficient (Wildman–Crippen LogP) is 1.96. The maximum absolute atomic E-state index is 13.6. The fourth-order valence-electron chi connectivity index (χ4n) is 5.39. The molecular formula is C34H37N7O4. The predicted molar refractivity (Wildman–Crippen MR) is 173 cm³/mol. The summed E-state index contributed by atoms with van der Waals surface area (Å²) in [5, 5.41) is 10.0. The highest BCUT2D eigenvalue weighted by Crippen LogP contribution is 2.20. The maximum Gasteiger partial charge on any atom is 0.243 e. The normalized spacial score (nSPS) is 13.9. The van der Waals surface area contributed by atoms with E-state index in [1.165, 1.54) is 6.92 Å². The Bertz CT molecular complexity index is 1810. The summed E-state index contributed by atoms with van der Waals surface area (Å²) < 4.78 is 0. The topological polar surface area (TPSA) is 188 Å². The zero-order chi connectivity index (χ0) is 31.9. The first kappa shape index (κ1) is 31.0. The third-order valence-corrected chi connectivity index (χ3v) is 7.88. The quantitative estimate of drug-likeness (QED) is 0.108. The Hall–Kier alpha value is -5.42. The smallest absolute Gasteiger partial charge is 0.243 e. The van der Waals surface area contributed by atoms with E-state index >= 15 is 0 Å². The van der Waals surface area contributed by atoms with Gasteiger partial charge in [-0.1, -0.05) is 66.7 Å². The van der Waals surface area contributed by atoms with Gasteiger partial charge in [0, 0.05) is 47.0 Å². The molecule has 5 rings (SSSR count). The number of aromatic nitrogens is 2. The molecule has 5 aromatic rings. The first-order valence-corrected chi connectivity index (χ1v) is 14.8. The van der Waals surface area contributed by atoms with Crippen molar-refractivity contribution in [1.82, 2.24) is 25.9 Å². The summed E-state index contributed by atoms with van der Waals surface area (Å²) in [5.74, 6) is -2.37. The number of benzene rings is 3. The van der Waals surface area contributed by atoms with Crippen LogP contribution >= 0.6 is 0 Å². The Morgan fingerprint density at radius 2 is 1.18 bits per heavy atom. The summed E-state index contributed by atoms with van der Waals surface area (Å²) in [7, 11) is 0. The van der Waals surface area contributed by atoms with Crippen LogP contribution in [0.5, 0.6) is 0 Å². The summed E-state index contributed by atoms with van der Waals surface area (Å²) >= 11 is 0. The van der Waals surface area contributed by atoms with Gasteiger partial charge in [0.05, 0.1) is 6.04 Å². The molecule has 1 unspecified atom stereocenters. The number of carbonyl (C=O) groups excluding carboxylic acids is 4. The van der Waals surface area contributed by atoms with Gasteiger partial charge in [0.1, 0.15) is 18.1 Å². The lowest BCUT2D eigenvalue weighted by atomic mass is 10.0. The van der Waals surface area contributed by atoms with Crippen molar-refractivity contribution in [2.45, 2.75) is 50.4 Å². The van der Waals surface area contributed by atoms with Gasteiger partial charge in [-0.3, -0.25) is 19.2 Å². The lowest BCUT2D eigenvalue weighted by molar-refractivity contribution is -0.133. The van der Waals surface area contributed by atoms with Crippen molar-refractivity contribution in [2.24, 2.45) is 11.5 Å². The third kappa shape index (κ3) is 7.57. The van der Waals surface area contributed by atoms with E-state index in [0.29, 0.717) is 0 Å². The second-order valence-electron chi connectivity index (χ2n) is 11.2. The molecule has 0 aliphatic carbocycles. The summed E-state index contributed by atoms with van der Waals surface area (Å²) in [6.45, 7) is 1.52. The van der Waals surface area contributed by atoms with Crippen LogP contribution in [-0.4, -0.2) is 57.8 Å². The number of carbonyl (C=O) groups is 4. The Labute approximate surface area is 260 Å². The van der Waals surface area contributed by atoms with Crippen molar-refractivity contribution in [1.29, 1.82) is 0 Å². The maximum atomic E-state index is 13.6. The number of H-pyrrole nitrogens is 2. The number of rotatable bonds is 13.